The number of nitrogens with zero attached hydrogens (tertiary/aromatic N) is 2. The number of hydrogen-bond acceptors (Lipinski definition) is 4. The number of likely N-dealkylation sites (tertiary alicyclic amines) is 1. The van der Waals surface area contributed by atoms with E-state index in [1.165, 1.54) is 24.3 Å². The number of carbonyl (C=O) groups excluding carboxylic acids is 1. The smallest absolute Gasteiger partial charge is 0.272 e. The predicted molar refractivity (Wildman–Crippen MR) is 121 cm³/mol. The minimum Gasteiger partial charge on any atom is -0.338 e. The van der Waals surface area contributed by atoms with Crippen molar-refractivity contribution in [1.82, 2.24) is 20.4 Å². The summed E-state index contributed by atoms with van der Waals surface area (Å²) in [7, 11) is 0. The fourth-order valence-corrected chi connectivity index (χ4v) is 3.81. The first-order valence-corrected chi connectivity index (χ1v) is 10.3. The van der Waals surface area contributed by atoms with E-state index in [1.54, 1.807) is 11.0 Å². The summed E-state index contributed by atoms with van der Waals surface area (Å²) >= 11 is 0. The van der Waals surface area contributed by atoms with Crippen LogP contribution in [0, 0.1) is 17.6 Å². The normalized spacial score (nSPS) is 13.8. The molecule has 1 aromatic heterocycles. The molecule has 1 amide bonds. The van der Waals surface area contributed by atoms with E-state index in [0.717, 1.165) is 12.6 Å². The highest BCUT2D eigenvalue weighted by molar-refractivity contribution is 5.95. The molecule has 2 aromatic carbocycles. The zero-order valence-corrected chi connectivity index (χ0v) is 18.6. The lowest BCUT2D eigenvalue weighted by Crippen LogP contribution is -2.54. The standard InChI is InChI=1S/C23H24F2N4O2.ClH/c1-13(2)26-10-15-11-29(12-15)23(31)19-7-14(3-6-20(19)25)8-21-17-5-4-16(24)9-18(17)22(30)28-27-21;/h3-7,9,13,15,26H,8,10-12H2,1-2H3,(H,28,30);1H. The Morgan fingerprint density at radius 1 is 1.19 bits per heavy atom. The Bertz CT molecular complexity index is 1190. The van der Waals surface area contributed by atoms with Crippen molar-refractivity contribution in [3.63, 3.8) is 0 Å². The predicted octanol–water partition coefficient (Wildman–Crippen LogP) is 3.28. The molecule has 0 aliphatic carbocycles. The van der Waals surface area contributed by atoms with E-state index in [-0.39, 0.29) is 35.7 Å². The molecule has 0 bridgehead atoms. The van der Waals surface area contributed by atoms with E-state index < -0.39 is 17.2 Å². The fourth-order valence-electron chi connectivity index (χ4n) is 3.81. The number of hydrogen-bond donors (Lipinski definition) is 2. The van der Waals surface area contributed by atoms with Crippen molar-refractivity contribution < 1.29 is 13.6 Å². The number of aromatic nitrogens is 2. The Labute approximate surface area is 190 Å². The minimum atomic E-state index is -0.570. The molecule has 1 aliphatic rings. The van der Waals surface area contributed by atoms with E-state index in [4.69, 9.17) is 0 Å². The van der Waals surface area contributed by atoms with Crippen molar-refractivity contribution in [2.24, 2.45) is 5.92 Å². The van der Waals surface area contributed by atoms with Gasteiger partial charge >= 0.3 is 0 Å². The highest BCUT2D eigenvalue weighted by atomic mass is 35.5. The van der Waals surface area contributed by atoms with Crippen LogP contribution < -0.4 is 10.9 Å². The summed E-state index contributed by atoms with van der Waals surface area (Å²) in [6.07, 6.45) is 0.264. The first-order chi connectivity index (χ1) is 14.8. The largest absolute Gasteiger partial charge is 0.338 e. The monoisotopic (exact) mass is 462 g/mol. The van der Waals surface area contributed by atoms with E-state index in [2.05, 4.69) is 29.4 Å². The first-order valence-electron chi connectivity index (χ1n) is 10.3. The number of aromatic amines is 1. The van der Waals surface area contributed by atoms with Crippen LogP contribution in [0.2, 0.25) is 0 Å². The molecule has 0 unspecified atom stereocenters. The maximum atomic E-state index is 14.4. The van der Waals surface area contributed by atoms with E-state index >= 15 is 0 Å². The summed E-state index contributed by atoms with van der Waals surface area (Å²) < 4.78 is 27.9. The van der Waals surface area contributed by atoms with Gasteiger partial charge in [0.15, 0.2) is 0 Å². The van der Waals surface area contributed by atoms with Gasteiger partial charge in [-0.2, -0.15) is 5.10 Å². The van der Waals surface area contributed by atoms with Crippen molar-refractivity contribution in [1.29, 1.82) is 0 Å². The average molecular weight is 463 g/mol. The number of halogens is 3. The van der Waals surface area contributed by atoms with Crippen molar-refractivity contribution in [2.75, 3.05) is 19.6 Å². The van der Waals surface area contributed by atoms with Crippen LogP contribution in [0.1, 0.15) is 35.5 Å². The van der Waals surface area contributed by atoms with Crippen LogP contribution in [0.15, 0.2) is 41.2 Å². The lowest BCUT2D eigenvalue weighted by atomic mass is 9.97. The molecule has 9 heteroatoms. The van der Waals surface area contributed by atoms with Gasteiger partial charge < -0.3 is 10.2 Å². The first kappa shape index (κ1) is 23.8. The van der Waals surface area contributed by atoms with E-state index in [1.807, 2.05) is 0 Å². The Morgan fingerprint density at radius 3 is 2.66 bits per heavy atom. The van der Waals surface area contributed by atoms with Gasteiger partial charge in [-0.3, -0.25) is 9.59 Å². The molecule has 1 aliphatic heterocycles. The molecule has 6 nitrogen and oxygen atoms in total. The number of rotatable bonds is 6. The van der Waals surface area contributed by atoms with Crippen LogP contribution in [0.5, 0.6) is 0 Å². The van der Waals surface area contributed by atoms with E-state index in [9.17, 15) is 18.4 Å². The maximum Gasteiger partial charge on any atom is 0.272 e. The quantitative estimate of drug-likeness (QED) is 0.589. The highest BCUT2D eigenvalue weighted by Crippen LogP contribution is 2.23. The van der Waals surface area contributed by atoms with Crippen LogP contribution in [-0.2, 0) is 6.42 Å². The number of H-pyrrole nitrogens is 1. The van der Waals surface area contributed by atoms with Crippen LogP contribution >= 0.6 is 12.4 Å². The molecule has 0 radical (unpaired) electrons. The fraction of sp³-hybridized carbons (Fsp3) is 0.348. The molecule has 1 fully saturated rings. The molecule has 2 heterocycles. The van der Waals surface area contributed by atoms with Gasteiger partial charge in [-0.05, 0) is 35.9 Å². The molecule has 32 heavy (non-hydrogen) atoms. The second kappa shape index (κ2) is 9.75. The van der Waals surface area contributed by atoms with Gasteiger partial charge in [0, 0.05) is 43.4 Å². The summed E-state index contributed by atoms with van der Waals surface area (Å²) in [5.41, 5.74) is 0.733. The third kappa shape index (κ3) is 4.97. The van der Waals surface area contributed by atoms with Crippen molar-refractivity contribution >= 4 is 29.1 Å². The maximum absolute atomic E-state index is 14.4. The third-order valence-corrected chi connectivity index (χ3v) is 5.52. The number of amides is 1. The van der Waals surface area contributed by atoms with Crippen molar-refractivity contribution in [2.45, 2.75) is 26.3 Å². The molecule has 0 atom stereocenters. The lowest BCUT2D eigenvalue weighted by Gasteiger charge is -2.40. The zero-order chi connectivity index (χ0) is 22.1. The SMILES string of the molecule is CC(C)NCC1CN(C(=O)c2cc(Cc3n[nH]c(=O)c4cc(F)ccc34)ccc2F)C1.Cl. The topological polar surface area (TPSA) is 78.1 Å². The summed E-state index contributed by atoms with van der Waals surface area (Å²) in [5.74, 6) is -1.05. The van der Waals surface area contributed by atoms with Crippen LogP contribution in [0.25, 0.3) is 10.8 Å². The second-order valence-corrected chi connectivity index (χ2v) is 8.32. The number of benzene rings is 2. The molecular weight excluding hydrogens is 438 g/mol. The van der Waals surface area contributed by atoms with Crippen molar-refractivity contribution in [3.8, 4) is 0 Å². The summed E-state index contributed by atoms with van der Waals surface area (Å²) in [6, 6.07) is 8.69. The Hall–Kier alpha value is -2.84. The third-order valence-electron chi connectivity index (χ3n) is 5.52. The molecule has 0 spiro atoms. The van der Waals surface area contributed by atoms with Crippen molar-refractivity contribution in [3.05, 3.63) is 75.2 Å². The van der Waals surface area contributed by atoms with Gasteiger partial charge in [0.2, 0.25) is 0 Å². The van der Waals surface area contributed by atoms with Crippen LogP contribution in [-0.4, -0.2) is 46.7 Å². The summed E-state index contributed by atoms with van der Waals surface area (Å²) in [5, 5.41) is 10.5. The van der Waals surface area contributed by atoms with Gasteiger partial charge in [-0.15, -0.1) is 12.4 Å². The highest BCUT2D eigenvalue weighted by Gasteiger charge is 2.32. The molecule has 1 saturated heterocycles. The van der Waals surface area contributed by atoms with Crippen LogP contribution in [0.4, 0.5) is 8.78 Å². The summed E-state index contributed by atoms with van der Waals surface area (Å²) in [6.45, 7) is 6.16. The Balaban J connectivity index is 0.00000289. The number of nitrogens with one attached hydrogen (secondary N) is 2. The van der Waals surface area contributed by atoms with Gasteiger partial charge in [-0.25, -0.2) is 13.9 Å². The zero-order valence-electron chi connectivity index (χ0n) is 17.8. The van der Waals surface area contributed by atoms with Crippen LogP contribution in [0.3, 0.4) is 0 Å². The van der Waals surface area contributed by atoms with E-state index in [0.29, 0.717) is 41.7 Å². The van der Waals surface area contributed by atoms with Gasteiger partial charge in [-0.1, -0.05) is 19.9 Å². The van der Waals surface area contributed by atoms with Gasteiger partial charge in [0.05, 0.1) is 16.6 Å². The number of carbonyl (C=O) groups is 1. The molecule has 3 aromatic rings. The lowest BCUT2D eigenvalue weighted by molar-refractivity contribution is 0.0493. The molecule has 4 rings (SSSR count). The minimum absolute atomic E-state index is 0. The average Bonchev–Trinajstić information content (AvgIpc) is 2.70. The van der Waals surface area contributed by atoms with Gasteiger partial charge in [0.25, 0.3) is 11.5 Å². The van der Waals surface area contributed by atoms with Gasteiger partial charge in [0.1, 0.15) is 11.6 Å². The second-order valence-electron chi connectivity index (χ2n) is 8.32. The molecule has 170 valence electrons. The molecule has 0 saturated carbocycles. The molecular formula is C23H25ClF2N4O2. The Morgan fingerprint density at radius 2 is 1.94 bits per heavy atom. The number of fused-ring (bicyclic) bond motifs is 1. The summed E-state index contributed by atoms with van der Waals surface area (Å²) in [4.78, 5) is 26.4. The molecule has 2 N–H and O–H groups in total. The Kier molecular flexibility index (Phi) is 7.26.